The van der Waals surface area contributed by atoms with Crippen LogP contribution in [0.5, 0.6) is 0 Å². The molecular weight excluding hydrogens is 450 g/mol. The maximum absolute atomic E-state index is 12.3. The van der Waals surface area contributed by atoms with Gasteiger partial charge in [0, 0.05) is 30.4 Å². The molecule has 2 aromatic carbocycles. The molecule has 0 aliphatic rings. The lowest BCUT2D eigenvalue weighted by atomic mass is 10.1. The number of ketones is 1. The number of nitrogens with one attached hydrogen (secondary N) is 3. The number of ether oxygens (including phenoxy) is 1. The van der Waals surface area contributed by atoms with Gasteiger partial charge < -0.3 is 15.4 Å². The zero-order valence-corrected chi connectivity index (χ0v) is 19.2. The molecule has 10 nitrogen and oxygen atoms in total. The fourth-order valence-corrected chi connectivity index (χ4v) is 3.69. The first-order chi connectivity index (χ1) is 15.5. The highest BCUT2D eigenvalue weighted by Gasteiger charge is 2.19. The summed E-state index contributed by atoms with van der Waals surface area (Å²) in [5, 5.41) is 5.08. The molecule has 3 N–H and O–H groups in total. The predicted molar refractivity (Wildman–Crippen MR) is 121 cm³/mol. The SMILES string of the molecule is CC(=O)Nc1ccc(S(=O)(=O)NCCC(=O)OC(C)C(=O)Nc2cccc(C(C)=O)c2)cc1. The number of amides is 2. The van der Waals surface area contributed by atoms with Crippen molar-refractivity contribution in [1.29, 1.82) is 0 Å². The Morgan fingerprint density at radius 2 is 1.61 bits per heavy atom. The Hall–Kier alpha value is -3.57. The Labute approximate surface area is 191 Å². The van der Waals surface area contributed by atoms with Crippen LogP contribution in [0.4, 0.5) is 11.4 Å². The van der Waals surface area contributed by atoms with E-state index in [0.717, 1.165) is 0 Å². The van der Waals surface area contributed by atoms with Crippen molar-refractivity contribution >= 4 is 45.0 Å². The molecule has 1 unspecified atom stereocenters. The van der Waals surface area contributed by atoms with E-state index in [4.69, 9.17) is 4.74 Å². The average molecular weight is 476 g/mol. The summed E-state index contributed by atoms with van der Waals surface area (Å²) in [5.41, 5.74) is 1.26. The first-order valence-electron chi connectivity index (χ1n) is 9.96. The molecule has 2 aromatic rings. The number of anilines is 2. The normalized spacial score (nSPS) is 11.8. The van der Waals surface area contributed by atoms with E-state index in [1.165, 1.54) is 51.1 Å². The highest BCUT2D eigenvalue weighted by molar-refractivity contribution is 7.89. The lowest BCUT2D eigenvalue weighted by Crippen LogP contribution is -2.32. The molecule has 0 aliphatic carbocycles. The predicted octanol–water partition coefficient (Wildman–Crippen LogP) is 2.09. The van der Waals surface area contributed by atoms with Crippen molar-refractivity contribution in [3.8, 4) is 0 Å². The van der Waals surface area contributed by atoms with E-state index < -0.39 is 28.0 Å². The van der Waals surface area contributed by atoms with Gasteiger partial charge in [0.25, 0.3) is 5.91 Å². The summed E-state index contributed by atoms with van der Waals surface area (Å²) >= 11 is 0. The number of hydrogen-bond donors (Lipinski definition) is 3. The van der Waals surface area contributed by atoms with Crippen LogP contribution in [0, 0.1) is 0 Å². The van der Waals surface area contributed by atoms with Crippen molar-refractivity contribution in [3.05, 3.63) is 54.1 Å². The average Bonchev–Trinajstić information content (AvgIpc) is 2.73. The van der Waals surface area contributed by atoms with Gasteiger partial charge in [0.05, 0.1) is 11.3 Å². The van der Waals surface area contributed by atoms with Gasteiger partial charge in [-0.3, -0.25) is 19.2 Å². The van der Waals surface area contributed by atoms with Crippen molar-refractivity contribution in [1.82, 2.24) is 4.72 Å². The van der Waals surface area contributed by atoms with E-state index >= 15 is 0 Å². The molecule has 0 spiro atoms. The molecule has 0 aliphatic heterocycles. The molecular formula is C22H25N3O7S. The third-order valence-corrected chi connectivity index (χ3v) is 5.80. The number of esters is 1. The third kappa shape index (κ3) is 8.13. The third-order valence-electron chi connectivity index (χ3n) is 4.32. The van der Waals surface area contributed by atoms with Crippen LogP contribution in [0.15, 0.2) is 53.4 Å². The van der Waals surface area contributed by atoms with Crippen molar-refractivity contribution in [2.45, 2.75) is 38.2 Å². The molecule has 2 rings (SSSR count). The monoisotopic (exact) mass is 475 g/mol. The number of benzene rings is 2. The number of sulfonamides is 1. The first kappa shape index (κ1) is 25.7. The van der Waals surface area contributed by atoms with Gasteiger partial charge in [-0.05, 0) is 50.2 Å². The van der Waals surface area contributed by atoms with Crippen LogP contribution in [0.25, 0.3) is 0 Å². The molecule has 0 radical (unpaired) electrons. The van der Waals surface area contributed by atoms with E-state index in [0.29, 0.717) is 16.9 Å². The van der Waals surface area contributed by atoms with Gasteiger partial charge in [-0.2, -0.15) is 0 Å². The fourth-order valence-electron chi connectivity index (χ4n) is 2.66. The molecule has 2 amide bonds. The molecule has 0 bridgehead atoms. The van der Waals surface area contributed by atoms with Gasteiger partial charge in [-0.25, -0.2) is 13.1 Å². The van der Waals surface area contributed by atoms with Crippen LogP contribution >= 0.6 is 0 Å². The minimum absolute atomic E-state index is 0.0366. The second-order valence-corrected chi connectivity index (χ2v) is 8.88. The maximum atomic E-state index is 12.3. The summed E-state index contributed by atoms with van der Waals surface area (Å²) in [7, 11) is -3.88. The zero-order chi connectivity index (χ0) is 24.6. The Balaban J connectivity index is 1.83. The van der Waals surface area contributed by atoms with E-state index in [1.807, 2.05) is 0 Å². The quantitative estimate of drug-likeness (QED) is 0.352. The standard InChI is InChI=1S/C22H25N3O7S/c1-14(26)17-5-4-6-19(13-17)25-22(29)15(2)32-21(28)11-12-23-33(30,31)20-9-7-18(8-10-20)24-16(3)27/h4-10,13,15,23H,11-12H2,1-3H3,(H,24,27)(H,25,29). The summed E-state index contributed by atoms with van der Waals surface area (Å²) in [6.45, 7) is 3.88. The van der Waals surface area contributed by atoms with E-state index in [2.05, 4.69) is 15.4 Å². The fraction of sp³-hybridized carbons (Fsp3) is 0.273. The number of carbonyl (C=O) groups excluding carboxylic acids is 4. The van der Waals surface area contributed by atoms with Gasteiger partial charge >= 0.3 is 5.97 Å². The van der Waals surface area contributed by atoms with E-state index in [1.54, 1.807) is 18.2 Å². The van der Waals surface area contributed by atoms with E-state index in [-0.39, 0.29) is 29.6 Å². The van der Waals surface area contributed by atoms with Crippen LogP contribution in [-0.4, -0.2) is 44.6 Å². The van der Waals surface area contributed by atoms with Crippen LogP contribution in [0.2, 0.25) is 0 Å². The Morgan fingerprint density at radius 1 is 0.939 bits per heavy atom. The molecule has 0 saturated heterocycles. The van der Waals surface area contributed by atoms with Gasteiger partial charge in [0.2, 0.25) is 15.9 Å². The lowest BCUT2D eigenvalue weighted by molar-refractivity contribution is -0.152. The van der Waals surface area contributed by atoms with Crippen LogP contribution in [-0.2, 0) is 29.1 Å². The van der Waals surface area contributed by atoms with Gasteiger partial charge in [-0.15, -0.1) is 0 Å². The van der Waals surface area contributed by atoms with Crippen LogP contribution in [0.3, 0.4) is 0 Å². The van der Waals surface area contributed by atoms with Gasteiger partial charge in [-0.1, -0.05) is 12.1 Å². The maximum Gasteiger partial charge on any atom is 0.307 e. The smallest absolute Gasteiger partial charge is 0.307 e. The molecule has 1 atom stereocenters. The van der Waals surface area contributed by atoms with Gasteiger partial charge in [0.1, 0.15) is 0 Å². The number of rotatable bonds is 10. The minimum Gasteiger partial charge on any atom is -0.452 e. The molecule has 11 heteroatoms. The second kappa shape index (κ2) is 11.3. The van der Waals surface area contributed by atoms with E-state index in [9.17, 15) is 27.6 Å². The molecule has 0 aromatic heterocycles. The number of hydrogen-bond acceptors (Lipinski definition) is 7. The molecule has 0 saturated carbocycles. The van der Waals surface area contributed by atoms with Crippen molar-refractivity contribution in [2.75, 3.05) is 17.2 Å². The summed E-state index contributed by atoms with van der Waals surface area (Å²) in [6, 6.07) is 11.8. The topological polar surface area (TPSA) is 148 Å². The molecule has 176 valence electrons. The largest absolute Gasteiger partial charge is 0.452 e. The lowest BCUT2D eigenvalue weighted by Gasteiger charge is -2.14. The summed E-state index contributed by atoms with van der Waals surface area (Å²) in [4.78, 5) is 46.7. The molecule has 33 heavy (non-hydrogen) atoms. The summed E-state index contributed by atoms with van der Waals surface area (Å²) in [5.74, 6) is -1.80. The van der Waals surface area contributed by atoms with Crippen LogP contribution in [0.1, 0.15) is 37.6 Å². The Morgan fingerprint density at radius 3 is 2.21 bits per heavy atom. The highest BCUT2D eigenvalue weighted by Crippen LogP contribution is 2.14. The number of carbonyl (C=O) groups is 4. The van der Waals surface area contributed by atoms with Crippen molar-refractivity contribution < 1.29 is 32.3 Å². The van der Waals surface area contributed by atoms with Crippen molar-refractivity contribution in [3.63, 3.8) is 0 Å². The summed E-state index contributed by atoms with van der Waals surface area (Å²) < 4.78 is 32.0. The minimum atomic E-state index is -3.88. The first-order valence-corrected chi connectivity index (χ1v) is 11.4. The number of Topliss-reactive ketones (excluding diaryl/α,β-unsaturated/α-hetero) is 1. The van der Waals surface area contributed by atoms with Crippen molar-refractivity contribution in [2.24, 2.45) is 0 Å². The van der Waals surface area contributed by atoms with Crippen LogP contribution < -0.4 is 15.4 Å². The Kier molecular flexibility index (Phi) is 8.83. The molecule has 0 heterocycles. The van der Waals surface area contributed by atoms with Gasteiger partial charge in [0.15, 0.2) is 11.9 Å². The zero-order valence-electron chi connectivity index (χ0n) is 18.4. The Bertz CT molecular complexity index is 1140. The second-order valence-electron chi connectivity index (χ2n) is 7.11. The molecule has 0 fully saturated rings. The highest BCUT2D eigenvalue weighted by atomic mass is 32.2. The summed E-state index contributed by atoms with van der Waals surface area (Å²) in [6.07, 6.45) is -1.42.